The van der Waals surface area contributed by atoms with E-state index in [0.717, 1.165) is 0 Å². The zero-order valence-corrected chi connectivity index (χ0v) is 13.9. The zero-order chi connectivity index (χ0) is 15.5. The molecule has 3 unspecified atom stereocenters. The molecule has 2 saturated carbocycles. The van der Waals surface area contributed by atoms with Crippen LogP contribution in [0.5, 0.6) is 0 Å². The van der Waals surface area contributed by atoms with Gasteiger partial charge in [-0.3, -0.25) is 10.3 Å². The van der Waals surface area contributed by atoms with E-state index in [9.17, 15) is 0 Å². The number of fused-ring (bicyclic) bond motifs is 1. The van der Waals surface area contributed by atoms with Gasteiger partial charge in [0, 0.05) is 30.4 Å². The number of hydrogen-bond acceptors (Lipinski definition) is 4. The molecule has 4 heteroatoms. The number of nitrogens with zero attached hydrogens (tertiary/aromatic N) is 2. The fourth-order valence-corrected chi connectivity index (χ4v) is 4.45. The molecule has 0 aromatic carbocycles. The Morgan fingerprint density at radius 3 is 2.48 bits per heavy atom. The molecule has 1 aromatic rings. The molecule has 3 atom stereocenters. The third kappa shape index (κ3) is 3.42. The van der Waals surface area contributed by atoms with Gasteiger partial charge < -0.3 is 5.32 Å². The summed E-state index contributed by atoms with van der Waals surface area (Å²) in [5.41, 5.74) is 1.23. The molecule has 2 fully saturated rings. The van der Waals surface area contributed by atoms with Gasteiger partial charge in [-0.25, -0.2) is 4.99 Å². The lowest BCUT2D eigenvalue weighted by Gasteiger charge is -2.41. The highest BCUT2D eigenvalue weighted by Gasteiger charge is 2.36. The maximum Gasteiger partial charge on any atom is 0.127 e. The van der Waals surface area contributed by atoms with E-state index in [-0.39, 0.29) is 6.17 Å². The van der Waals surface area contributed by atoms with Crippen molar-refractivity contribution in [1.82, 2.24) is 15.6 Å². The highest BCUT2D eigenvalue weighted by atomic mass is 15.2. The monoisotopic (exact) mass is 312 g/mol. The first kappa shape index (κ1) is 15.1. The molecular formula is C19H28N4. The number of amidine groups is 1. The number of pyridine rings is 1. The second kappa shape index (κ2) is 7.00. The smallest absolute Gasteiger partial charge is 0.127 e. The maximum absolute atomic E-state index is 5.10. The lowest BCUT2D eigenvalue weighted by atomic mass is 9.81. The van der Waals surface area contributed by atoms with Crippen LogP contribution in [0.4, 0.5) is 0 Å². The van der Waals surface area contributed by atoms with Crippen LogP contribution in [0.15, 0.2) is 29.5 Å². The van der Waals surface area contributed by atoms with Crippen LogP contribution in [-0.2, 0) is 0 Å². The van der Waals surface area contributed by atoms with Gasteiger partial charge in [-0.15, -0.1) is 0 Å². The van der Waals surface area contributed by atoms with Crippen molar-refractivity contribution in [3.8, 4) is 0 Å². The largest absolute Gasteiger partial charge is 0.371 e. The van der Waals surface area contributed by atoms with E-state index >= 15 is 0 Å². The number of rotatable bonds is 2. The highest BCUT2D eigenvalue weighted by Crippen LogP contribution is 2.32. The van der Waals surface area contributed by atoms with E-state index in [1.54, 1.807) is 0 Å². The van der Waals surface area contributed by atoms with E-state index in [4.69, 9.17) is 4.99 Å². The summed E-state index contributed by atoms with van der Waals surface area (Å²) < 4.78 is 0. The van der Waals surface area contributed by atoms with Gasteiger partial charge in [0.05, 0.1) is 0 Å². The Balaban J connectivity index is 1.57. The minimum absolute atomic E-state index is 0.0865. The van der Waals surface area contributed by atoms with Crippen molar-refractivity contribution in [3.63, 3.8) is 0 Å². The van der Waals surface area contributed by atoms with Crippen LogP contribution >= 0.6 is 0 Å². The van der Waals surface area contributed by atoms with Crippen molar-refractivity contribution < 1.29 is 0 Å². The summed E-state index contributed by atoms with van der Waals surface area (Å²) in [6.07, 6.45) is 15.8. The average molecular weight is 312 g/mol. The second-order valence-corrected chi connectivity index (χ2v) is 7.34. The molecule has 2 N–H and O–H groups in total. The van der Waals surface area contributed by atoms with Crippen molar-refractivity contribution in [2.24, 2.45) is 10.9 Å². The molecule has 1 aromatic heterocycles. The summed E-state index contributed by atoms with van der Waals surface area (Å²) in [6.45, 7) is 0. The van der Waals surface area contributed by atoms with Crippen LogP contribution in [0.3, 0.4) is 0 Å². The molecule has 0 radical (unpaired) electrons. The van der Waals surface area contributed by atoms with Crippen molar-refractivity contribution in [2.45, 2.75) is 76.0 Å². The fourth-order valence-electron chi connectivity index (χ4n) is 4.45. The Bertz CT molecular complexity index is 536. The number of aliphatic imine (C=N–C) groups is 1. The number of hydrogen-bond donors (Lipinski definition) is 2. The van der Waals surface area contributed by atoms with Crippen LogP contribution < -0.4 is 10.6 Å². The lowest BCUT2D eigenvalue weighted by Crippen LogP contribution is -2.53. The first-order valence-electron chi connectivity index (χ1n) is 9.40. The summed E-state index contributed by atoms with van der Waals surface area (Å²) in [5, 5.41) is 7.63. The summed E-state index contributed by atoms with van der Waals surface area (Å²) in [7, 11) is 0. The predicted molar refractivity (Wildman–Crippen MR) is 93.3 cm³/mol. The van der Waals surface area contributed by atoms with E-state index in [1.807, 2.05) is 12.4 Å². The molecule has 4 nitrogen and oxygen atoms in total. The van der Waals surface area contributed by atoms with Gasteiger partial charge in [0.1, 0.15) is 12.0 Å². The van der Waals surface area contributed by atoms with Gasteiger partial charge in [-0.2, -0.15) is 0 Å². The van der Waals surface area contributed by atoms with Crippen molar-refractivity contribution in [1.29, 1.82) is 0 Å². The van der Waals surface area contributed by atoms with Gasteiger partial charge in [-0.1, -0.05) is 32.1 Å². The van der Waals surface area contributed by atoms with E-state index in [2.05, 4.69) is 27.8 Å². The Kier molecular flexibility index (Phi) is 4.60. The normalized spacial score (nSPS) is 32.0. The summed E-state index contributed by atoms with van der Waals surface area (Å²) >= 11 is 0. The second-order valence-electron chi connectivity index (χ2n) is 7.34. The molecule has 0 saturated heterocycles. The maximum atomic E-state index is 5.10. The van der Waals surface area contributed by atoms with Crippen molar-refractivity contribution in [2.75, 3.05) is 0 Å². The molecule has 3 aliphatic rings. The first-order valence-corrected chi connectivity index (χ1v) is 9.40. The average Bonchev–Trinajstić information content (AvgIpc) is 2.63. The quantitative estimate of drug-likeness (QED) is 0.878. The van der Waals surface area contributed by atoms with E-state index in [0.29, 0.717) is 18.0 Å². The Labute approximate surface area is 139 Å². The number of aromatic nitrogens is 1. The fraction of sp³-hybridized carbons (Fsp3) is 0.684. The summed E-state index contributed by atoms with van der Waals surface area (Å²) in [6, 6.07) is 5.39. The van der Waals surface area contributed by atoms with Crippen molar-refractivity contribution in [3.05, 3.63) is 30.1 Å². The van der Waals surface area contributed by atoms with Crippen molar-refractivity contribution >= 4 is 5.84 Å². The van der Waals surface area contributed by atoms with Gasteiger partial charge >= 0.3 is 0 Å². The Morgan fingerprint density at radius 1 is 0.913 bits per heavy atom. The standard InChI is InChI=1S/C19H28N4/c1-2-6-15(7-3-1)21-19-16-8-4-5-9-17(16)22-18(23-19)14-10-12-20-13-11-14/h10-13,15-18,22H,1-9H2,(H,21,23). The molecular weight excluding hydrogens is 284 g/mol. The molecule has 1 aliphatic heterocycles. The molecule has 2 aliphatic carbocycles. The topological polar surface area (TPSA) is 49.3 Å². The molecule has 23 heavy (non-hydrogen) atoms. The summed E-state index contributed by atoms with van der Waals surface area (Å²) in [5.74, 6) is 1.87. The van der Waals surface area contributed by atoms with Crippen LogP contribution in [0.1, 0.15) is 69.5 Å². The molecule has 0 spiro atoms. The minimum Gasteiger partial charge on any atom is -0.371 e. The van der Waals surface area contributed by atoms with Gasteiger partial charge in [0.25, 0.3) is 0 Å². The molecule has 0 bridgehead atoms. The highest BCUT2D eigenvalue weighted by molar-refractivity contribution is 5.86. The van der Waals surface area contributed by atoms with Gasteiger partial charge in [-0.05, 0) is 43.4 Å². The van der Waals surface area contributed by atoms with Crippen LogP contribution in [0, 0.1) is 5.92 Å². The van der Waals surface area contributed by atoms with Crippen LogP contribution in [-0.4, -0.2) is 22.9 Å². The third-order valence-electron chi connectivity index (χ3n) is 5.74. The van der Waals surface area contributed by atoms with Crippen LogP contribution in [0.2, 0.25) is 0 Å². The van der Waals surface area contributed by atoms with Crippen LogP contribution in [0.25, 0.3) is 0 Å². The molecule has 0 amide bonds. The minimum atomic E-state index is 0.0865. The Hall–Kier alpha value is -1.42. The third-order valence-corrected chi connectivity index (χ3v) is 5.74. The molecule has 124 valence electrons. The van der Waals surface area contributed by atoms with Gasteiger partial charge in [0.2, 0.25) is 0 Å². The van der Waals surface area contributed by atoms with E-state index in [1.165, 1.54) is 69.2 Å². The Morgan fingerprint density at radius 2 is 1.65 bits per heavy atom. The molecule has 2 heterocycles. The zero-order valence-electron chi connectivity index (χ0n) is 13.9. The van der Waals surface area contributed by atoms with E-state index < -0.39 is 0 Å². The summed E-state index contributed by atoms with van der Waals surface area (Å²) in [4.78, 5) is 9.24. The van der Waals surface area contributed by atoms with Gasteiger partial charge in [0.15, 0.2) is 0 Å². The molecule has 4 rings (SSSR count). The first-order chi connectivity index (χ1) is 11.4. The predicted octanol–water partition coefficient (Wildman–Crippen LogP) is 3.56. The lowest BCUT2D eigenvalue weighted by molar-refractivity contribution is 0.269. The SMILES string of the molecule is c1cc(C2N=C(NC3CCCCC3)C3CCCCC3N2)ccn1. The number of nitrogens with one attached hydrogen (secondary N) is 2.